The third-order valence-electron chi connectivity index (χ3n) is 4.19. The maximum absolute atomic E-state index is 12.5. The van der Waals surface area contributed by atoms with Gasteiger partial charge in [-0.2, -0.15) is 0 Å². The molecular formula is C21H20N2O3S. The summed E-state index contributed by atoms with van der Waals surface area (Å²) in [5, 5.41) is 1.98. The average molecular weight is 380 g/mol. The molecule has 0 fully saturated rings. The molecule has 2 heterocycles. The Hall–Kier alpha value is -2.99. The van der Waals surface area contributed by atoms with E-state index >= 15 is 0 Å². The molecule has 0 radical (unpaired) electrons. The Morgan fingerprint density at radius 1 is 1.07 bits per heavy atom. The van der Waals surface area contributed by atoms with Gasteiger partial charge in [0.1, 0.15) is 0 Å². The quantitative estimate of drug-likeness (QED) is 0.618. The minimum absolute atomic E-state index is 0.296. The minimum atomic E-state index is -0.904. The van der Waals surface area contributed by atoms with Crippen molar-refractivity contribution in [2.75, 3.05) is 11.9 Å². The average Bonchev–Trinajstić information content (AvgIpc) is 3.22. The minimum Gasteiger partial charge on any atom is -0.449 e. The smallest absolute Gasteiger partial charge is 0.340 e. The van der Waals surface area contributed by atoms with Gasteiger partial charge in [0, 0.05) is 12.7 Å². The molecule has 0 aliphatic rings. The van der Waals surface area contributed by atoms with Gasteiger partial charge in [0.05, 0.1) is 21.8 Å². The molecule has 0 saturated carbocycles. The molecule has 0 saturated heterocycles. The summed E-state index contributed by atoms with van der Waals surface area (Å²) in [4.78, 5) is 32.0. The molecule has 0 bridgehead atoms. The van der Waals surface area contributed by atoms with E-state index in [1.165, 1.54) is 4.90 Å². The number of likely N-dealkylation sites (N-methyl/N-ethyl adjacent to an activating group) is 1. The number of ether oxygens (including phenoxy) is 1. The van der Waals surface area contributed by atoms with Crippen LogP contribution in [0.2, 0.25) is 0 Å². The number of carbonyl (C=O) groups is 2. The number of nitrogens with zero attached hydrogens (tertiary/aromatic N) is 2. The van der Waals surface area contributed by atoms with Gasteiger partial charge in [-0.1, -0.05) is 24.3 Å². The number of carbonyl (C=O) groups excluding carboxylic acids is 2. The van der Waals surface area contributed by atoms with E-state index in [0.717, 1.165) is 16.3 Å². The first-order valence-corrected chi connectivity index (χ1v) is 9.40. The summed E-state index contributed by atoms with van der Waals surface area (Å²) in [5.41, 5.74) is 2.48. The van der Waals surface area contributed by atoms with Crippen LogP contribution in [0.5, 0.6) is 0 Å². The highest BCUT2D eigenvalue weighted by Crippen LogP contribution is 2.24. The van der Waals surface area contributed by atoms with E-state index in [1.54, 1.807) is 44.4 Å². The van der Waals surface area contributed by atoms with Crippen molar-refractivity contribution in [2.45, 2.75) is 20.0 Å². The second-order valence-electron chi connectivity index (χ2n) is 6.09. The zero-order valence-electron chi connectivity index (χ0n) is 15.4. The summed E-state index contributed by atoms with van der Waals surface area (Å²) in [6.45, 7) is 3.33. The Balaban J connectivity index is 1.70. The highest BCUT2D eigenvalue weighted by atomic mass is 32.1. The van der Waals surface area contributed by atoms with Crippen LogP contribution in [0.1, 0.15) is 23.0 Å². The molecule has 138 valence electrons. The maximum atomic E-state index is 12.5. The van der Waals surface area contributed by atoms with Gasteiger partial charge in [-0.05, 0) is 49.6 Å². The fourth-order valence-corrected chi connectivity index (χ4v) is 3.36. The first-order valence-electron chi connectivity index (χ1n) is 8.52. The zero-order valence-corrected chi connectivity index (χ0v) is 16.2. The first kappa shape index (κ1) is 18.8. The molecule has 2 aromatic heterocycles. The van der Waals surface area contributed by atoms with Crippen LogP contribution < -0.4 is 4.90 Å². The number of pyridine rings is 1. The van der Waals surface area contributed by atoms with E-state index in [4.69, 9.17) is 4.74 Å². The number of anilines is 1. The summed E-state index contributed by atoms with van der Waals surface area (Å²) in [6.07, 6.45) is -0.904. The van der Waals surface area contributed by atoms with Gasteiger partial charge in [-0.3, -0.25) is 9.78 Å². The predicted octanol–water partition coefficient (Wildman–Crippen LogP) is 4.33. The molecular weight excluding hydrogens is 360 g/mol. The van der Waals surface area contributed by atoms with E-state index in [0.29, 0.717) is 11.3 Å². The molecule has 3 rings (SSSR count). The number of esters is 1. The lowest BCUT2D eigenvalue weighted by Crippen LogP contribution is -2.37. The number of thiophene rings is 1. The summed E-state index contributed by atoms with van der Waals surface area (Å²) >= 11 is 1.59. The lowest BCUT2D eigenvalue weighted by Gasteiger charge is -2.21. The molecule has 1 aromatic carbocycles. The van der Waals surface area contributed by atoms with Crippen LogP contribution in [0, 0.1) is 6.92 Å². The second-order valence-corrected chi connectivity index (χ2v) is 7.03. The van der Waals surface area contributed by atoms with Crippen molar-refractivity contribution in [3.8, 4) is 10.6 Å². The lowest BCUT2D eigenvalue weighted by molar-refractivity contribution is -0.126. The van der Waals surface area contributed by atoms with E-state index in [2.05, 4.69) is 4.98 Å². The molecule has 6 heteroatoms. The van der Waals surface area contributed by atoms with E-state index in [1.807, 2.05) is 47.8 Å². The van der Waals surface area contributed by atoms with E-state index in [9.17, 15) is 9.59 Å². The molecule has 0 aliphatic carbocycles. The number of aromatic nitrogens is 1. The third kappa shape index (κ3) is 4.23. The van der Waals surface area contributed by atoms with Crippen molar-refractivity contribution in [3.05, 3.63) is 71.2 Å². The zero-order chi connectivity index (χ0) is 19.4. The van der Waals surface area contributed by atoms with Gasteiger partial charge in [-0.15, -0.1) is 11.3 Å². The molecule has 1 unspecified atom stereocenters. The topological polar surface area (TPSA) is 59.5 Å². The van der Waals surface area contributed by atoms with Crippen LogP contribution >= 0.6 is 11.3 Å². The third-order valence-corrected chi connectivity index (χ3v) is 5.08. The van der Waals surface area contributed by atoms with E-state index in [-0.39, 0.29) is 5.91 Å². The van der Waals surface area contributed by atoms with Crippen molar-refractivity contribution in [1.29, 1.82) is 0 Å². The Kier molecular flexibility index (Phi) is 5.66. The van der Waals surface area contributed by atoms with Crippen molar-refractivity contribution in [3.63, 3.8) is 0 Å². The lowest BCUT2D eigenvalue weighted by atomic mass is 10.1. The summed E-state index contributed by atoms with van der Waals surface area (Å²) in [6, 6.07) is 16.6. The van der Waals surface area contributed by atoms with Crippen molar-refractivity contribution < 1.29 is 14.3 Å². The predicted molar refractivity (Wildman–Crippen MR) is 107 cm³/mol. The van der Waals surface area contributed by atoms with Crippen LogP contribution in [0.3, 0.4) is 0 Å². The molecule has 27 heavy (non-hydrogen) atoms. The van der Waals surface area contributed by atoms with Crippen molar-refractivity contribution >= 4 is 28.9 Å². The number of amides is 1. The molecule has 0 spiro atoms. The Labute approximate surface area is 162 Å². The summed E-state index contributed by atoms with van der Waals surface area (Å²) in [7, 11) is 1.66. The molecule has 1 amide bonds. The number of benzene rings is 1. The Morgan fingerprint density at radius 3 is 2.44 bits per heavy atom. The SMILES string of the molecule is Cc1nc(-c2cccs2)ccc1C(=O)OC(C)C(=O)N(C)c1ccccc1. The van der Waals surface area contributed by atoms with Gasteiger partial charge in [0.15, 0.2) is 6.10 Å². The first-order chi connectivity index (χ1) is 13.0. The number of rotatable bonds is 5. The summed E-state index contributed by atoms with van der Waals surface area (Å²) in [5.74, 6) is -0.851. The van der Waals surface area contributed by atoms with Gasteiger partial charge in [0.2, 0.25) is 0 Å². The highest BCUT2D eigenvalue weighted by Gasteiger charge is 2.24. The maximum Gasteiger partial charge on any atom is 0.340 e. The van der Waals surface area contributed by atoms with Crippen LogP contribution in [-0.2, 0) is 9.53 Å². The van der Waals surface area contributed by atoms with Gasteiger partial charge < -0.3 is 9.64 Å². The molecule has 0 aliphatic heterocycles. The van der Waals surface area contributed by atoms with Gasteiger partial charge in [0.25, 0.3) is 5.91 Å². The van der Waals surface area contributed by atoms with Gasteiger partial charge >= 0.3 is 5.97 Å². The fourth-order valence-electron chi connectivity index (χ4n) is 2.66. The molecule has 5 nitrogen and oxygen atoms in total. The molecule has 1 atom stereocenters. The van der Waals surface area contributed by atoms with Crippen LogP contribution in [0.15, 0.2) is 60.0 Å². The van der Waals surface area contributed by atoms with Crippen molar-refractivity contribution in [2.24, 2.45) is 0 Å². The number of hydrogen-bond acceptors (Lipinski definition) is 5. The fraction of sp³-hybridized carbons (Fsp3) is 0.190. The summed E-state index contributed by atoms with van der Waals surface area (Å²) < 4.78 is 5.38. The van der Waals surface area contributed by atoms with E-state index < -0.39 is 12.1 Å². The number of para-hydroxylation sites is 1. The monoisotopic (exact) mass is 380 g/mol. The normalized spacial score (nSPS) is 11.7. The Bertz CT molecular complexity index is 939. The number of hydrogen-bond donors (Lipinski definition) is 0. The standard InChI is InChI=1S/C21H20N2O3S/c1-14-17(11-12-18(22-14)19-10-7-13-27-19)21(25)26-15(2)20(24)23(3)16-8-5-4-6-9-16/h4-13,15H,1-3H3. The van der Waals surface area contributed by atoms with Crippen molar-refractivity contribution in [1.82, 2.24) is 4.98 Å². The largest absolute Gasteiger partial charge is 0.449 e. The Morgan fingerprint density at radius 2 is 1.81 bits per heavy atom. The van der Waals surface area contributed by atoms with Crippen LogP contribution in [0.4, 0.5) is 5.69 Å². The molecule has 3 aromatic rings. The van der Waals surface area contributed by atoms with Crippen LogP contribution in [0.25, 0.3) is 10.6 Å². The van der Waals surface area contributed by atoms with Gasteiger partial charge in [-0.25, -0.2) is 4.79 Å². The second kappa shape index (κ2) is 8.14. The highest BCUT2D eigenvalue weighted by molar-refractivity contribution is 7.13. The molecule has 0 N–H and O–H groups in total. The van der Waals surface area contributed by atoms with Crippen LogP contribution in [-0.4, -0.2) is 30.0 Å². The number of aryl methyl sites for hydroxylation is 1.